The lowest BCUT2D eigenvalue weighted by Gasteiger charge is -2.15. The van der Waals surface area contributed by atoms with Crippen molar-refractivity contribution in [1.29, 1.82) is 0 Å². The molecule has 0 bridgehead atoms. The van der Waals surface area contributed by atoms with Gasteiger partial charge >= 0.3 is 5.97 Å². The Labute approximate surface area is 63.7 Å². The summed E-state index contributed by atoms with van der Waals surface area (Å²) in [6, 6.07) is 0. The standard InChI is InChI=1S/C6H11FN2O2/c7-4-6(9,5(10)11)2-1-3-8/h1-2H,3-4,8-9H2,(H,10,11)/b2-1+/t6-/m1/s1. The highest BCUT2D eigenvalue weighted by molar-refractivity contribution is 5.81. The molecule has 0 aromatic carbocycles. The summed E-state index contributed by atoms with van der Waals surface area (Å²) < 4.78 is 12.0. The molecule has 0 spiro atoms. The number of alkyl halides is 1. The van der Waals surface area contributed by atoms with Crippen molar-refractivity contribution in [2.24, 2.45) is 11.5 Å². The smallest absolute Gasteiger partial charge is 0.330 e. The topological polar surface area (TPSA) is 89.3 Å². The van der Waals surface area contributed by atoms with Gasteiger partial charge in [-0.3, -0.25) is 0 Å². The van der Waals surface area contributed by atoms with Crippen LogP contribution in [0.4, 0.5) is 4.39 Å². The second-order valence-corrected chi connectivity index (χ2v) is 2.12. The Hall–Kier alpha value is -0.940. The number of rotatable bonds is 4. The average molecular weight is 162 g/mol. The van der Waals surface area contributed by atoms with Gasteiger partial charge in [-0.05, 0) is 0 Å². The normalized spacial score (nSPS) is 16.6. The molecule has 5 N–H and O–H groups in total. The fourth-order valence-corrected chi connectivity index (χ4v) is 0.451. The Morgan fingerprint density at radius 3 is 2.55 bits per heavy atom. The van der Waals surface area contributed by atoms with E-state index in [2.05, 4.69) is 0 Å². The molecule has 1 atom stereocenters. The van der Waals surface area contributed by atoms with Crippen molar-refractivity contribution in [2.75, 3.05) is 13.2 Å². The summed E-state index contributed by atoms with van der Waals surface area (Å²) in [5, 5.41) is 8.40. The summed E-state index contributed by atoms with van der Waals surface area (Å²) in [5.41, 5.74) is 8.22. The molecule has 0 unspecified atom stereocenters. The van der Waals surface area contributed by atoms with Gasteiger partial charge in [0.2, 0.25) is 0 Å². The van der Waals surface area contributed by atoms with Crippen LogP contribution < -0.4 is 11.5 Å². The predicted octanol–water partition coefficient (Wildman–Crippen LogP) is -0.747. The average Bonchev–Trinajstić information content (AvgIpc) is 2.00. The molecule has 5 heteroatoms. The fraction of sp³-hybridized carbons (Fsp3) is 0.500. The number of nitrogens with two attached hydrogens (primary N) is 2. The number of hydrogen-bond donors (Lipinski definition) is 3. The van der Waals surface area contributed by atoms with E-state index < -0.39 is 18.2 Å². The van der Waals surface area contributed by atoms with Gasteiger partial charge in [-0.15, -0.1) is 0 Å². The number of carboxylic acid groups (broad SMARTS) is 1. The molecule has 0 aromatic rings. The maximum Gasteiger partial charge on any atom is 0.330 e. The van der Waals surface area contributed by atoms with E-state index in [4.69, 9.17) is 16.6 Å². The molecule has 0 fully saturated rings. The van der Waals surface area contributed by atoms with E-state index in [0.29, 0.717) is 0 Å². The summed E-state index contributed by atoms with van der Waals surface area (Å²) >= 11 is 0. The van der Waals surface area contributed by atoms with Gasteiger partial charge in [0, 0.05) is 6.54 Å². The van der Waals surface area contributed by atoms with Gasteiger partial charge in [0.05, 0.1) is 0 Å². The highest BCUT2D eigenvalue weighted by atomic mass is 19.1. The molecule has 0 aromatic heterocycles. The molecule has 0 aliphatic rings. The molecular formula is C6H11FN2O2. The van der Waals surface area contributed by atoms with E-state index in [1.807, 2.05) is 0 Å². The van der Waals surface area contributed by atoms with Crippen LogP contribution in [0.5, 0.6) is 0 Å². The molecule has 0 amide bonds. The van der Waals surface area contributed by atoms with E-state index >= 15 is 0 Å². The number of halogens is 1. The Morgan fingerprint density at radius 2 is 2.27 bits per heavy atom. The van der Waals surface area contributed by atoms with Crippen molar-refractivity contribution in [1.82, 2.24) is 0 Å². The minimum Gasteiger partial charge on any atom is -0.480 e. The highest BCUT2D eigenvalue weighted by Crippen LogP contribution is 2.03. The minimum atomic E-state index is -1.92. The van der Waals surface area contributed by atoms with Crippen LogP contribution >= 0.6 is 0 Å². The van der Waals surface area contributed by atoms with Crippen LogP contribution in [-0.2, 0) is 4.79 Å². The van der Waals surface area contributed by atoms with Crippen LogP contribution in [0.2, 0.25) is 0 Å². The maximum absolute atomic E-state index is 12.0. The zero-order valence-corrected chi connectivity index (χ0v) is 5.96. The lowest BCUT2D eigenvalue weighted by atomic mass is 10.0. The largest absolute Gasteiger partial charge is 0.480 e. The van der Waals surface area contributed by atoms with Gasteiger partial charge in [-0.25, -0.2) is 9.18 Å². The van der Waals surface area contributed by atoms with Crippen molar-refractivity contribution in [3.05, 3.63) is 12.2 Å². The first-order chi connectivity index (χ1) is 5.06. The molecule has 0 aliphatic heterocycles. The summed E-state index contributed by atoms with van der Waals surface area (Å²) in [6.07, 6.45) is 2.36. The molecule has 11 heavy (non-hydrogen) atoms. The lowest BCUT2D eigenvalue weighted by Crippen LogP contribution is -2.48. The monoisotopic (exact) mass is 162 g/mol. The summed E-state index contributed by atoms with van der Waals surface area (Å²) in [5.74, 6) is -1.40. The molecule has 0 rings (SSSR count). The van der Waals surface area contributed by atoms with Crippen molar-refractivity contribution in [3.8, 4) is 0 Å². The number of aliphatic carboxylic acids is 1. The van der Waals surface area contributed by atoms with Crippen LogP contribution in [0.25, 0.3) is 0 Å². The first-order valence-corrected chi connectivity index (χ1v) is 3.03. The molecule has 0 aliphatic carbocycles. The Bertz CT molecular complexity index is 172. The minimum absolute atomic E-state index is 0.145. The summed E-state index contributed by atoms with van der Waals surface area (Å²) in [7, 11) is 0. The Balaban J connectivity index is 4.34. The predicted molar refractivity (Wildman–Crippen MR) is 38.7 cm³/mol. The van der Waals surface area contributed by atoms with Crippen LogP contribution in [0, 0.1) is 0 Å². The Kier molecular flexibility index (Phi) is 3.70. The zero-order valence-electron chi connectivity index (χ0n) is 5.96. The summed E-state index contributed by atoms with van der Waals surface area (Å²) in [4.78, 5) is 10.3. The van der Waals surface area contributed by atoms with Crippen molar-refractivity contribution in [3.63, 3.8) is 0 Å². The Morgan fingerprint density at radius 1 is 1.73 bits per heavy atom. The summed E-state index contributed by atoms with van der Waals surface area (Å²) in [6.45, 7) is -0.995. The van der Waals surface area contributed by atoms with Crippen molar-refractivity contribution < 1.29 is 14.3 Å². The third kappa shape index (κ3) is 2.65. The van der Waals surface area contributed by atoms with E-state index in [-0.39, 0.29) is 6.54 Å². The fourth-order valence-electron chi connectivity index (χ4n) is 0.451. The molecule has 64 valence electrons. The molecule has 0 radical (unpaired) electrons. The SMILES string of the molecule is NC/C=C/[C@@](N)(CF)C(=O)O. The molecular weight excluding hydrogens is 151 g/mol. The number of carboxylic acids is 1. The number of hydrogen-bond acceptors (Lipinski definition) is 3. The van der Waals surface area contributed by atoms with Crippen LogP contribution in [0.3, 0.4) is 0 Å². The van der Waals surface area contributed by atoms with E-state index in [1.165, 1.54) is 6.08 Å². The van der Waals surface area contributed by atoms with Gasteiger partial charge in [0.25, 0.3) is 0 Å². The van der Waals surface area contributed by atoms with Gasteiger partial charge in [-0.2, -0.15) is 0 Å². The lowest BCUT2D eigenvalue weighted by molar-refractivity contribution is -0.141. The molecule has 0 heterocycles. The second-order valence-electron chi connectivity index (χ2n) is 2.12. The van der Waals surface area contributed by atoms with Crippen molar-refractivity contribution >= 4 is 5.97 Å². The zero-order chi connectivity index (χ0) is 8.91. The van der Waals surface area contributed by atoms with Gasteiger partial charge in [0.1, 0.15) is 6.67 Å². The van der Waals surface area contributed by atoms with Crippen molar-refractivity contribution in [2.45, 2.75) is 5.54 Å². The van der Waals surface area contributed by atoms with E-state index in [0.717, 1.165) is 6.08 Å². The van der Waals surface area contributed by atoms with Gasteiger partial charge in [-0.1, -0.05) is 12.2 Å². The molecule has 0 saturated carbocycles. The quantitative estimate of drug-likeness (QED) is 0.474. The van der Waals surface area contributed by atoms with E-state index in [1.54, 1.807) is 0 Å². The van der Waals surface area contributed by atoms with Crippen LogP contribution in [-0.4, -0.2) is 29.8 Å². The van der Waals surface area contributed by atoms with E-state index in [9.17, 15) is 9.18 Å². The highest BCUT2D eigenvalue weighted by Gasteiger charge is 2.30. The first kappa shape index (κ1) is 10.1. The van der Waals surface area contributed by atoms with Crippen LogP contribution in [0.1, 0.15) is 0 Å². The molecule has 4 nitrogen and oxygen atoms in total. The van der Waals surface area contributed by atoms with Gasteiger partial charge < -0.3 is 16.6 Å². The molecule has 0 saturated heterocycles. The van der Waals surface area contributed by atoms with Gasteiger partial charge in [0.15, 0.2) is 5.54 Å². The van der Waals surface area contributed by atoms with Crippen LogP contribution in [0.15, 0.2) is 12.2 Å². The third-order valence-corrected chi connectivity index (χ3v) is 1.17. The third-order valence-electron chi connectivity index (χ3n) is 1.17. The second kappa shape index (κ2) is 4.05. The first-order valence-electron chi connectivity index (χ1n) is 3.03. The maximum atomic E-state index is 12.0. The number of carbonyl (C=O) groups is 1.